The molecule has 1 aliphatic heterocycles. The molecular formula is C29H31N3O. The molecule has 33 heavy (non-hydrogen) atoms. The molecule has 1 aliphatic rings. The summed E-state index contributed by atoms with van der Waals surface area (Å²) in [6.07, 6.45) is 2.72. The van der Waals surface area contributed by atoms with E-state index in [9.17, 15) is 4.79 Å². The Kier molecular flexibility index (Phi) is 5.99. The Balaban J connectivity index is 1.34. The maximum absolute atomic E-state index is 13.2. The van der Waals surface area contributed by atoms with Crippen LogP contribution in [-0.4, -0.2) is 33.4 Å². The van der Waals surface area contributed by atoms with Crippen LogP contribution in [0.1, 0.15) is 54.2 Å². The minimum atomic E-state index is -0.107. The van der Waals surface area contributed by atoms with E-state index in [2.05, 4.69) is 95.3 Å². The first-order chi connectivity index (χ1) is 16.1. The van der Waals surface area contributed by atoms with Crippen molar-refractivity contribution in [1.82, 2.24) is 14.5 Å². The summed E-state index contributed by atoms with van der Waals surface area (Å²) >= 11 is 0. The lowest BCUT2D eigenvalue weighted by Crippen LogP contribution is -2.41. The molecule has 1 atom stereocenters. The van der Waals surface area contributed by atoms with Gasteiger partial charge in [-0.25, -0.2) is 4.98 Å². The fourth-order valence-corrected chi connectivity index (χ4v) is 5.02. The second-order valence-corrected chi connectivity index (χ2v) is 9.24. The molecule has 0 bridgehead atoms. The lowest BCUT2D eigenvalue weighted by Gasteiger charge is -2.35. The summed E-state index contributed by atoms with van der Waals surface area (Å²) in [5.41, 5.74) is 5.83. The third kappa shape index (κ3) is 4.43. The first-order valence-electron chi connectivity index (χ1n) is 12.0. The maximum atomic E-state index is 13.2. The number of nitrogens with zero attached hydrogens (tertiary/aromatic N) is 3. The van der Waals surface area contributed by atoms with E-state index in [4.69, 9.17) is 4.98 Å². The average Bonchev–Trinajstić information content (AvgIpc) is 3.22. The van der Waals surface area contributed by atoms with Crippen molar-refractivity contribution >= 4 is 16.9 Å². The fraction of sp³-hybridized carbons (Fsp3) is 0.310. The van der Waals surface area contributed by atoms with Crippen molar-refractivity contribution in [3.8, 4) is 0 Å². The molecule has 4 heteroatoms. The lowest BCUT2D eigenvalue weighted by atomic mass is 9.96. The second-order valence-electron chi connectivity index (χ2n) is 9.24. The minimum Gasteiger partial charge on any atom is -0.342 e. The SMILES string of the molecule is Cc1ccc([C@H](C)C(=O)N2CCC(n3c(Cc4ccccc4)nc4ccccc43)CC2)cc1. The zero-order chi connectivity index (χ0) is 22.8. The van der Waals surface area contributed by atoms with Crippen LogP contribution in [0.3, 0.4) is 0 Å². The van der Waals surface area contributed by atoms with Crippen molar-refractivity contribution in [2.75, 3.05) is 13.1 Å². The number of aromatic nitrogens is 2. The molecule has 1 saturated heterocycles. The van der Waals surface area contributed by atoms with Crippen LogP contribution in [0.4, 0.5) is 0 Å². The van der Waals surface area contributed by atoms with E-state index in [1.165, 1.54) is 16.6 Å². The zero-order valence-electron chi connectivity index (χ0n) is 19.4. The Morgan fingerprint density at radius 1 is 0.939 bits per heavy atom. The Morgan fingerprint density at radius 3 is 2.33 bits per heavy atom. The standard InChI is InChI=1S/C29H31N3O/c1-21-12-14-24(15-13-21)22(2)29(33)31-18-16-25(17-19-31)32-27-11-7-6-10-26(27)30-28(32)20-23-8-4-3-5-9-23/h3-15,22,25H,16-20H2,1-2H3/t22-/m0/s1. The van der Waals surface area contributed by atoms with Gasteiger partial charge in [-0.1, -0.05) is 72.3 Å². The molecule has 1 fully saturated rings. The summed E-state index contributed by atoms with van der Waals surface area (Å²) in [4.78, 5) is 20.3. The molecule has 0 N–H and O–H groups in total. The molecule has 0 unspecified atom stereocenters. The number of hydrogen-bond acceptors (Lipinski definition) is 2. The Labute approximate surface area is 195 Å². The number of para-hydroxylation sites is 2. The van der Waals surface area contributed by atoms with Crippen LogP contribution >= 0.6 is 0 Å². The molecule has 1 aromatic heterocycles. The highest BCUT2D eigenvalue weighted by Crippen LogP contribution is 2.31. The quantitative estimate of drug-likeness (QED) is 0.390. The summed E-state index contributed by atoms with van der Waals surface area (Å²) in [6.45, 7) is 5.68. The molecule has 0 radical (unpaired) electrons. The number of rotatable bonds is 5. The van der Waals surface area contributed by atoms with Gasteiger partial charge in [-0.05, 0) is 49.9 Å². The second kappa shape index (κ2) is 9.22. The monoisotopic (exact) mass is 437 g/mol. The van der Waals surface area contributed by atoms with Crippen LogP contribution in [0.15, 0.2) is 78.9 Å². The smallest absolute Gasteiger partial charge is 0.229 e. The number of carbonyl (C=O) groups is 1. The van der Waals surface area contributed by atoms with Gasteiger partial charge in [-0.15, -0.1) is 0 Å². The Hall–Kier alpha value is -3.40. The van der Waals surface area contributed by atoms with Gasteiger partial charge in [-0.3, -0.25) is 4.79 Å². The van der Waals surface area contributed by atoms with Crippen molar-refractivity contribution < 1.29 is 4.79 Å². The number of benzene rings is 3. The third-order valence-corrected chi connectivity index (χ3v) is 6.96. The Morgan fingerprint density at radius 2 is 1.61 bits per heavy atom. The number of likely N-dealkylation sites (tertiary alicyclic amines) is 1. The third-order valence-electron chi connectivity index (χ3n) is 6.96. The minimum absolute atomic E-state index is 0.107. The number of aryl methyl sites for hydroxylation is 1. The molecule has 3 aromatic carbocycles. The molecular weight excluding hydrogens is 406 g/mol. The first-order valence-corrected chi connectivity index (χ1v) is 12.0. The molecule has 4 aromatic rings. The maximum Gasteiger partial charge on any atom is 0.229 e. The summed E-state index contributed by atoms with van der Waals surface area (Å²) in [7, 11) is 0. The van der Waals surface area contributed by atoms with Crippen molar-refractivity contribution in [3.05, 3.63) is 101 Å². The van der Waals surface area contributed by atoms with E-state index in [1.54, 1.807) is 0 Å². The summed E-state index contributed by atoms with van der Waals surface area (Å²) in [5.74, 6) is 1.24. The van der Waals surface area contributed by atoms with E-state index in [0.717, 1.165) is 49.3 Å². The van der Waals surface area contributed by atoms with E-state index in [-0.39, 0.29) is 11.8 Å². The van der Waals surface area contributed by atoms with Crippen LogP contribution in [-0.2, 0) is 11.2 Å². The van der Waals surface area contributed by atoms with E-state index < -0.39 is 0 Å². The lowest BCUT2D eigenvalue weighted by molar-refractivity contribution is -0.133. The van der Waals surface area contributed by atoms with Crippen molar-refractivity contribution in [3.63, 3.8) is 0 Å². The van der Waals surface area contributed by atoms with E-state index in [0.29, 0.717) is 6.04 Å². The first kappa shape index (κ1) is 21.4. The number of piperidine rings is 1. The van der Waals surface area contributed by atoms with Gasteiger partial charge in [0.05, 0.1) is 17.0 Å². The number of amides is 1. The zero-order valence-corrected chi connectivity index (χ0v) is 19.4. The number of hydrogen-bond donors (Lipinski definition) is 0. The highest BCUT2D eigenvalue weighted by molar-refractivity contribution is 5.83. The van der Waals surface area contributed by atoms with Gasteiger partial charge in [0.25, 0.3) is 0 Å². The number of carbonyl (C=O) groups excluding carboxylic acids is 1. The van der Waals surface area contributed by atoms with Crippen LogP contribution in [0.25, 0.3) is 11.0 Å². The van der Waals surface area contributed by atoms with Gasteiger partial charge in [0.2, 0.25) is 5.91 Å². The highest BCUT2D eigenvalue weighted by Gasteiger charge is 2.29. The highest BCUT2D eigenvalue weighted by atomic mass is 16.2. The fourth-order valence-electron chi connectivity index (χ4n) is 5.02. The largest absolute Gasteiger partial charge is 0.342 e. The van der Waals surface area contributed by atoms with Gasteiger partial charge in [0, 0.05) is 25.6 Å². The van der Waals surface area contributed by atoms with Crippen LogP contribution in [0, 0.1) is 6.92 Å². The molecule has 4 nitrogen and oxygen atoms in total. The predicted molar refractivity (Wildman–Crippen MR) is 133 cm³/mol. The molecule has 2 heterocycles. The van der Waals surface area contributed by atoms with Crippen molar-refractivity contribution in [2.24, 2.45) is 0 Å². The summed E-state index contributed by atoms with van der Waals surface area (Å²) < 4.78 is 2.44. The Bertz CT molecular complexity index is 1240. The van der Waals surface area contributed by atoms with E-state index in [1.807, 2.05) is 6.92 Å². The molecule has 168 valence electrons. The van der Waals surface area contributed by atoms with Crippen LogP contribution < -0.4 is 0 Å². The molecule has 0 spiro atoms. The van der Waals surface area contributed by atoms with Gasteiger partial charge < -0.3 is 9.47 Å². The van der Waals surface area contributed by atoms with Gasteiger partial charge >= 0.3 is 0 Å². The average molecular weight is 438 g/mol. The normalized spacial score (nSPS) is 15.6. The van der Waals surface area contributed by atoms with Crippen molar-refractivity contribution in [2.45, 2.75) is 45.1 Å². The van der Waals surface area contributed by atoms with Crippen molar-refractivity contribution in [1.29, 1.82) is 0 Å². The van der Waals surface area contributed by atoms with Crippen LogP contribution in [0.5, 0.6) is 0 Å². The molecule has 0 aliphatic carbocycles. The van der Waals surface area contributed by atoms with Gasteiger partial charge in [-0.2, -0.15) is 0 Å². The summed E-state index contributed by atoms with van der Waals surface area (Å²) in [5, 5.41) is 0. The van der Waals surface area contributed by atoms with E-state index >= 15 is 0 Å². The summed E-state index contributed by atoms with van der Waals surface area (Å²) in [6, 6.07) is 27.7. The predicted octanol–water partition coefficient (Wildman–Crippen LogP) is 5.90. The van der Waals surface area contributed by atoms with Gasteiger partial charge in [0.1, 0.15) is 5.82 Å². The molecule has 1 amide bonds. The number of imidazole rings is 1. The van der Waals surface area contributed by atoms with Gasteiger partial charge in [0.15, 0.2) is 0 Å². The van der Waals surface area contributed by atoms with Crippen LogP contribution in [0.2, 0.25) is 0 Å². The number of fused-ring (bicyclic) bond motifs is 1. The molecule has 0 saturated carbocycles. The molecule has 5 rings (SSSR count). The topological polar surface area (TPSA) is 38.1 Å².